The molecule has 0 fully saturated rings. The Kier molecular flexibility index (Phi) is 6.15. The molecule has 1 aromatic heterocycles. The predicted octanol–water partition coefficient (Wildman–Crippen LogP) is 3.43. The second kappa shape index (κ2) is 8.57. The van der Waals surface area contributed by atoms with Gasteiger partial charge in [-0.15, -0.1) is 16.9 Å². The maximum atomic E-state index is 12.3. The smallest absolute Gasteiger partial charge is 0.322 e. The molecule has 1 N–H and O–H groups in total. The standard InChI is InChI=1S/C19H19N3O4S2/c1-3-27-15-9-7-13(8-10-15)11-17-21-22-19(26-17)20-18(23)14-5-4-6-16(12-14)28(2,24)25/h4-10,12H,3,11H2,1-2H3,(H,20,22,23). The van der Waals surface area contributed by atoms with Crippen LogP contribution in [0.3, 0.4) is 0 Å². The highest BCUT2D eigenvalue weighted by Crippen LogP contribution is 2.19. The monoisotopic (exact) mass is 417 g/mol. The van der Waals surface area contributed by atoms with Crippen LogP contribution in [0.4, 0.5) is 6.01 Å². The van der Waals surface area contributed by atoms with Crippen LogP contribution in [0.1, 0.15) is 28.7 Å². The Labute approximate surface area is 167 Å². The number of nitrogens with one attached hydrogen (secondary N) is 1. The van der Waals surface area contributed by atoms with Crippen molar-refractivity contribution in [2.45, 2.75) is 23.1 Å². The second-order valence-electron chi connectivity index (χ2n) is 6.01. The van der Waals surface area contributed by atoms with E-state index in [0.717, 1.165) is 17.6 Å². The van der Waals surface area contributed by atoms with Crippen molar-refractivity contribution in [3.63, 3.8) is 0 Å². The summed E-state index contributed by atoms with van der Waals surface area (Å²) in [5.74, 6) is 0.858. The molecule has 1 heterocycles. The molecule has 3 aromatic rings. The van der Waals surface area contributed by atoms with Gasteiger partial charge in [0.15, 0.2) is 9.84 Å². The molecule has 0 aliphatic carbocycles. The topological polar surface area (TPSA) is 102 Å². The lowest BCUT2D eigenvalue weighted by atomic mass is 10.1. The van der Waals surface area contributed by atoms with Crippen LogP contribution in [0.2, 0.25) is 0 Å². The van der Waals surface area contributed by atoms with Gasteiger partial charge >= 0.3 is 6.01 Å². The van der Waals surface area contributed by atoms with Crippen LogP contribution in [0.5, 0.6) is 0 Å². The van der Waals surface area contributed by atoms with Gasteiger partial charge in [0.05, 0.1) is 11.3 Å². The number of hydrogen-bond acceptors (Lipinski definition) is 7. The highest BCUT2D eigenvalue weighted by molar-refractivity contribution is 7.99. The first-order chi connectivity index (χ1) is 13.3. The number of sulfone groups is 1. The lowest BCUT2D eigenvalue weighted by Crippen LogP contribution is -2.13. The van der Waals surface area contributed by atoms with Gasteiger partial charge in [0.25, 0.3) is 5.91 Å². The largest absolute Gasteiger partial charge is 0.407 e. The minimum Gasteiger partial charge on any atom is -0.407 e. The molecule has 0 spiro atoms. The van der Waals surface area contributed by atoms with Gasteiger partial charge in [-0.1, -0.05) is 30.2 Å². The van der Waals surface area contributed by atoms with Gasteiger partial charge < -0.3 is 4.42 Å². The fourth-order valence-electron chi connectivity index (χ4n) is 2.46. The molecule has 7 nitrogen and oxygen atoms in total. The summed E-state index contributed by atoms with van der Waals surface area (Å²) in [6.45, 7) is 2.10. The normalized spacial score (nSPS) is 11.4. The molecule has 1 amide bonds. The van der Waals surface area contributed by atoms with E-state index >= 15 is 0 Å². The molecule has 0 saturated carbocycles. The quantitative estimate of drug-likeness (QED) is 0.588. The minimum absolute atomic E-state index is 0.0390. The number of aromatic nitrogens is 2. The van der Waals surface area contributed by atoms with E-state index in [1.54, 1.807) is 11.8 Å². The van der Waals surface area contributed by atoms with Gasteiger partial charge in [0.2, 0.25) is 5.89 Å². The van der Waals surface area contributed by atoms with Crippen LogP contribution in [-0.2, 0) is 16.3 Å². The number of rotatable bonds is 7. The van der Waals surface area contributed by atoms with E-state index in [2.05, 4.69) is 22.4 Å². The predicted molar refractivity (Wildman–Crippen MR) is 107 cm³/mol. The zero-order valence-electron chi connectivity index (χ0n) is 15.4. The molecule has 0 unspecified atom stereocenters. The third-order valence-corrected chi connectivity index (χ3v) is 5.81. The number of hydrogen-bond donors (Lipinski definition) is 1. The van der Waals surface area contributed by atoms with Crippen LogP contribution in [0.15, 0.2) is 62.7 Å². The van der Waals surface area contributed by atoms with E-state index in [1.807, 2.05) is 24.3 Å². The highest BCUT2D eigenvalue weighted by Gasteiger charge is 2.15. The number of anilines is 1. The van der Waals surface area contributed by atoms with Crippen molar-refractivity contribution in [2.24, 2.45) is 0 Å². The van der Waals surface area contributed by atoms with E-state index in [9.17, 15) is 13.2 Å². The molecular weight excluding hydrogens is 398 g/mol. The molecule has 0 atom stereocenters. The lowest BCUT2D eigenvalue weighted by molar-refractivity contribution is 0.102. The molecular formula is C19H19N3O4S2. The van der Waals surface area contributed by atoms with E-state index in [-0.39, 0.29) is 16.5 Å². The molecule has 3 rings (SSSR count). The summed E-state index contributed by atoms with van der Waals surface area (Å²) in [6, 6.07) is 13.8. The van der Waals surface area contributed by atoms with E-state index in [4.69, 9.17) is 4.42 Å². The Balaban J connectivity index is 1.66. The number of amides is 1. The Bertz CT molecular complexity index is 1080. The summed E-state index contributed by atoms with van der Waals surface area (Å²) in [4.78, 5) is 13.6. The molecule has 0 bridgehead atoms. The summed E-state index contributed by atoms with van der Waals surface area (Å²) < 4.78 is 28.7. The van der Waals surface area contributed by atoms with Crippen molar-refractivity contribution >= 4 is 33.5 Å². The fourth-order valence-corrected chi connectivity index (χ4v) is 3.79. The molecule has 0 radical (unpaired) electrons. The van der Waals surface area contributed by atoms with Crippen molar-refractivity contribution in [3.05, 3.63) is 65.5 Å². The summed E-state index contributed by atoms with van der Waals surface area (Å²) in [5.41, 5.74) is 1.20. The van der Waals surface area contributed by atoms with Gasteiger partial charge in [0, 0.05) is 16.7 Å². The summed E-state index contributed by atoms with van der Waals surface area (Å²) in [6.07, 6.45) is 1.53. The summed E-state index contributed by atoms with van der Waals surface area (Å²) >= 11 is 1.76. The van der Waals surface area contributed by atoms with Crippen molar-refractivity contribution in [3.8, 4) is 0 Å². The first-order valence-corrected chi connectivity index (χ1v) is 11.4. The third-order valence-electron chi connectivity index (χ3n) is 3.80. The first kappa shape index (κ1) is 20.1. The average molecular weight is 418 g/mol. The molecule has 146 valence electrons. The Hall–Kier alpha value is -2.65. The molecule has 28 heavy (non-hydrogen) atoms. The van der Waals surface area contributed by atoms with Crippen molar-refractivity contribution in [1.82, 2.24) is 10.2 Å². The van der Waals surface area contributed by atoms with Crippen molar-refractivity contribution < 1.29 is 17.6 Å². The third kappa shape index (κ3) is 5.20. The average Bonchev–Trinajstić information content (AvgIpc) is 3.10. The molecule has 9 heteroatoms. The Morgan fingerprint density at radius 2 is 1.89 bits per heavy atom. The van der Waals surface area contributed by atoms with Crippen LogP contribution < -0.4 is 5.32 Å². The zero-order chi connectivity index (χ0) is 20.1. The first-order valence-electron chi connectivity index (χ1n) is 8.51. The van der Waals surface area contributed by atoms with Gasteiger partial charge in [-0.05, 0) is 41.6 Å². The lowest BCUT2D eigenvalue weighted by Gasteiger charge is -2.03. The molecule has 2 aromatic carbocycles. The molecule has 0 aliphatic rings. The Morgan fingerprint density at radius 1 is 1.14 bits per heavy atom. The van der Waals surface area contributed by atoms with Crippen LogP contribution in [-0.4, -0.2) is 36.5 Å². The van der Waals surface area contributed by atoms with Crippen molar-refractivity contribution in [1.29, 1.82) is 0 Å². The van der Waals surface area contributed by atoms with E-state index < -0.39 is 15.7 Å². The summed E-state index contributed by atoms with van der Waals surface area (Å²) in [5, 5.41) is 10.3. The highest BCUT2D eigenvalue weighted by atomic mass is 32.2. The van der Waals surface area contributed by atoms with Gasteiger partial charge in [0.1, 0.15) is 0 Å². The second-order valence-corrected chi connectivity index (χ2v) is 9.36. The SMILES string of the molecule is CCSc1ccc(Cc2nnc(NC(=O)c3cccc(S(C)(=O)=O)c3)o2)cc1. The number of nitrogens with zero attached hydrogens (tertiary/aromatic N) is 2. The van der Waals surface area contributed by atoms with Crippen LogP contribution >= 0.6 is 11.8 Å². The molecule has 0 aliphatic heterocycles. The fraction of sp³-hybridized carbons (Fsp3) is 0.211. The van der Waals surface area contributed by atoms with Crippen molar-refractivity contribution in [2.75, 3.05) is 17.3 Å². The van der Waals surface area contributed by atoms with E-state index in [1.165, 1.54) is 29.2 Å². The van der Waals surface area contributed by atoms with Gasteiger partial charge in [-0.25, -0.2) is 8.42 Å². The minimum atomic E-state index is -3.40. The molecule has 0 saturated heterocycles. The summed E-state index contributed by atoms with van der Waals surface area (Å²) in [7, 11) is -3.40. The van der Waals surface area contributed by atoms with E-state index in [0.29, 0.717) is 12.3 Å². The van der Waals surface area contributed by atoms with Crippen LogP contribution in [0.25, 0.3) is 0 Å². The maximum absolute atomic E-state index is 12.3. The number of benzene rings is 2. The number of carbonyl (C=O) groups is 1. The van der Waals surface area contributed by atoms with Gasteiger partial charge in [-0.2, -0.15) is 0 Å². The zero-order valence-corrected chi connectivity index (χ0v) is 17.0. The number of carbonyl (C=O) groups excluding carboxylic acids is 1. The maximum Gasteiger partial charge on any atom is 0.322 e. The van der Waals surface area contributed by atoms with Gasteiger partial charge in [-0.3, -0.25) is 10.1 Å². The Morgan fingerprint density at radius 3 is 2.57 bits per heavy atom. The number of thioether (sulfide) groups is 1. The van der Waals surface area contributed by atoms with Crippen LogP contribution in [0, 0.1) is 0 Å².